The number of phenols is 1. The van der Waals surface area contributed by atoms with Crippen LogP contribution in [-0.2, 0) is 0 Å². The maximum Gasteiger partial charge on any atom is 0.151 e. The van der Waals surface area contributed by atoms with E-state index in [1.807, 2.05) is 36.4 Å². The Labute approximate surface area is 153 Å². The average molecular weight is 341 g/mol. The second-order valence-electron chi connectivity index (χ2n) is 5.68. The van der Waals surface area contributed by atoms with E-state index in [9.17, 15) is 5.11 Å². The molecule has 26 heavy (non-hydrogen) atoms. The highest BCUT2D eigenvalue weighted by atomic mass is 16.3. The van der Waals surface area contributed by atoms with Crippen LogP contribution in [0, 0.1) is 12.0 Å². The molecule has 0 atom stereocenters. The zero-order chi connectivity index (χ0) is 18.2. The van der Waals surface area contributed by atoms with Gasteiger partial charge in [-0.1, -0.05) is 66.6 Å². The van der Waals surface area contributed by atoms with Crippen molar-refractivity contribution in [2.45, 2.75) is 5.92 Å². The van der Waals surface area contributed by atoms with Gasteiger partial charge in [-0.2, -0.15) is 0 Å². The average Bonchev–Trinajstić information content (AvgIpc) is 2.70. The largest absolute Gasteiger partial charge is 0.508 e. The summed E-state index contributed by atoms with van der Waals surface area (Å²) in [5, 5.41) is 13.4. The van der Waals surface area contributed by atoms with E-state index in [1.165, 1.54) is 0 Å². The van der Waals surface area contributed by atoms with Crippen LogP contribution >= 0.6 is 0 Å². The van der Waals surface area contributed by atoms with Gasteiger partial charge >= 0.3 is 0 Å². The van der Waals surface area contributed by atoms with E-state index in [1.54, 1.807) is 24.3 Å². The van der Waals surface area contributed by atoms with Gasteiger partial charge in [-0.3, -0.25) is 0 Å². The van der Waals surface area contributed by atoms with Gasteiger partial charge in [-0.15, -0.1) is 5.10 Å². The van der Waals surface area contributed by atoms with E-state index < -0.39 is 0 Å². The number of benzene rings is 3. The number of hydrogen-bond donors (Lipinski definition) is 3. The first-order chi connectivity index (χ1) is 12.7. The number of amidine groups is 1. The lowest BCUT2D eigenvalue weighted by molar-refractivity contribution is 0.475. The summed E-state index contributed by atoms with van der Waals surface area (Å²) in [6.07, 6.45) is 0. The van der Waals surface area contributed by atoms with Gasteiger partial charge in [0.25, 0.3) is 0 Å². The first kappa shape index (κ1) is 17.1. The molecule has 0 bridgehead atoms. The predicted molar refractivity (Wildman–Crippen MR) is 104 cm³/mol. The first-order valence-electron chi connectivity index (χ1n) is 8.22. The van der Waals surface area contributed by atoms with Crippen molar-refractivity contribution in [3.8, 4) is 17.7 Å². The molecule has 0 aliphatic carbocycles. The molecule has 0 spiro atoms. The maximum absolute atomic E-state index is 9.31. The number of nitrogens with two attached hydrogens (primary N) is 1. The summed E-state index contributed by atoms with van der Waals surface area (Å²) in [7, 11) is 0. The SMILES string of the molecule is NC(=NNC#CC(c1ccccc1)c1ccccc1)c1ccc(O)cc1. The second kappa shape index (κ2) is 8.41. The molecule has 0 aromatic heterocycles. The van der Waals surface area contributed by atoms with E-state index in [0.717, 1.165) is 11.1 Å². The van der Waals surface area contributed by atoms with Crippen molar-refractivity contribution in [2.24, 2.45) is 10.8 Å². The fourth-order valence-corrected chi connectivity index (χ4v) is 2.54. The van der Waals surface area contributed by atoms with Gasteiger partial charge in [0.2, 0.25) is 0 Å². The summed E-state index contributed by atoms with van der Waals surface area (Å²) in [5.41, 5.74) is 11.6. The number of nitrogens with zero attached hydrogens (tertiary/aromatic N) is 1. The fourth-order valence-electron chi connectivity index (χ4n) is 2.54. The minimum absolute atomic E-state index is 0.0602. The fraction of sp³-hybridized carbons (Fsp3) is 0.0455. The predicted octanol–water partition coefficient (Wildman–Crippen LogP) is 3.40. The molecule has 0 saturated carbocycles. The van der Waals surface area contributed by atoms with Gasteiger partial charge in [0, 0.05) is 11.6 Å². The van der Waals surface area contributed by atoms with Crippen LogP contribution in [-0.4, -0.2) is 10.9 Å². The monoisotopic (exact) mass is 341 g/mol. The Kier molecular flexibility index (Phi) is 5.54. The van der Waals surface area contributed by atoms with Gasteiger partial charge < -0.3 is 10.8 Å². The van der Waals surface area contributed by atoms with Crippen molar-refractivity contribution in [1.29, 1.82) is 0 Å². The third-order valence-corrected chi connectivity index (χ3v) is 3.88. The lowest BCUT2D eigenvalue weighted by atomic mass is 9.92. The second-order valence-corrected chi connectivity index (χ2v) is 5.68. The molecule has 3 rings (SSSR count). The summed E-state index contributed by atoms with van der Waals surface area (Å²) in [5.74, 6) is 3.63. The van der Waals surface area contributed by atoms with Crippen molar-refractivity contribution in [1.82, 2.24) is 5.43 Å². The van der Waals surface area contributed by atoms with E-state index >= 15 is 0 Å². The lowest BCUT2D eigenvalue weighted by Gasteiger charge is -2.11. The molecular weight excluding hydrogens is 322 g/mol. The number of rotatable bonds is 4. The van der Waals surface area contributed by atoms with Crippen LogP contribution in [0.1, 0.15) is 22.6 Å². The number of phenolic OH excluding ortho intramolecular Hbond substituents is 1. The molecule has 4 nitrogen and oxygen atoms in total. The quantitative estimate of drug-likeness (QED) is 0.224. The first-order valence-corrected chi connectivity index (χ1v) is 8.22. The van der Waals surface area contributed by atoms with Crippen LogP contribution in [0.2, 0.25) is 0 Å². The van der Waals surface area contributed by atoms with Crippen molar-refractivity contribution in [3.63, 3.8) is 0 Å². The van der Waals surface area contributed by atoms with E-state index in [-0.39, 0.29) is 11.7 Å². The number of hydrogen-bond acceptors (Lipinski definition) is 3. The normalized spacial score (nSPS) is 10.9. The van der Waals surface area contributed by atoms with Crippen LogP contribution in [0.3, 0.4) is 0 Å². The van der Waals surface area contributed by atoms with E-state index in [0.29, 0.717) is 11.4 Å². The van der Waals surface area contributed by atoms with Crippen LogP contribution < -0.4 is 11.2 Å². The van der Waals surface area contributed by atoms with Crippen LogP contribution in [0.15, 0.2) is 90.0 Å². The summed E-state index contributed by atoms with van der Waals surface area (Å²) in [6.45, 7) is 0. The van der Waals surface area contributed by atoms with Crippen molar-refractivity contribution >= 4 is 5.84 Å². The Morgan fingerprint density at radius 1 is 0.846 bits per heavy atom. The van der Waals surface area contributed by atoms with Gasteiger partial charge in [-0.25, -0.2) is 5.43 Å². The molecule has 0 saturated heterocycles. The summed E-state index contributed by atoms with van der Waals surface area (Å²) in [4.78, 5) is 0. The highest BCUT2D eigenvalue weighted by molar-refractivity contribution is 5.97. The molecule has 0 aliphatic rings. The Bertz CT molecular complexity index is 884. The summed E-state index contributed by atoms with van der Waals surface area (Å²) >= 11 is 0. The smallest absolute Gasteiger partial charge is 0.151 e. The minimum Gasteiger partial charge on any atom is -0.508 e. The molecule has 0 heterocycles. The van der Waals surface area contributed by atoms with Crippen molar-refractivity contribution in [2.75, 3.05) is 0 Å². The highest BCUT2D eigenvalue weighted by Gasteiger charge is 2.10. The van der Waals surface area contributed by atoms with Crippen LogP contribution in [0.4, 0.5) is 0 Å². The van der Waals surface area contributed by atoms with Gasteiger partial charge in [0.15, 0.2) is 5.84 Å². The molecule has 128 valence electrons. The zero-order valence-electron chi connectivity index (χ0n) is 14.1. The molecule has 0 amide bonds. The van der Waals surface area contributed by atoms with Crippen molar-refractivity contribution < 1.29 is 5.11 Å². The Hall–Kier alpha value is -3.71. The Morgan fingerprint density at radius 3 is 1.92 bits per heavy atom. The third-order valence-electron chi connectivity index (χ3n) is 3.88. The molecular formula is C22H19N3O. The molecule has 3 aromatic carbocycles. The molecule has 4 heteroatoms. The number of aromatic hydroxyl groups is 1. The molecule has 0 unspecified atom stereocenters. The molecule has 0 fully saturated rings. The molecule has 0 aliphatic heterocycles. The number of nitrogens with one attached hydrogen (secondary N) is 1. The van der Waals surface area contributed by atoms with E-state index in [2.05, 4.69) is 46.8 Å². The zero-order valence-corrected chi connectivity index (χ0v) is 14.1. The molecule has 3 aromatic rings. The number of hydrazone groups is 1. The Morgan fingerprint density at radius 2 is 1.38 bits per heavy atom. The summed E-state index contributed by atoms with van der Waals surface area (Å²) in [6, 6.07) is 29.6. The topological polar surface area (TPSA) is 70.6 Å². The molecule has 4 N–H and O–H groups in total. The third kappa shape index (κ3) is 4.43. The standard InChI is InChI=1S/C22H19N3O/c23-22(19-11-13-20(26)14-12-19)25-24-16-15-21(17-7-3-1-4-8-17)18-9-5-2-6-10-18/h1-14,21,24,26H,(H2,23,25). The van der Waals surface area contributed by atoms with Gasteiger partial charge in [-0.05, 0) is 35.4 Å². The van der Waals surface area contributed by atoms with Crippen LogP contribution in [0.25, 0.3) is 0 Å². The lowest BCUT2D eigenvalue weighted by Crippen LogP contribution is -2.16. The minimum atomic E-state index is -0.0602. The van der Waals surface area contributed by atoms with Crippen molar-refractivity contribution in [3.05, 3.63) is 102 Å². The maximum atomic E-state index is 9.31. The summed E-state index contributed by atoms with van der Waals surface area (Å²) < 4.78 is 0. The van der Waals surface area contributed by atoms with Crippen LogP contribution in [0.5, 0.6) is 5.75 Å². The van der Waals surface area contributed by atoms with E-state index in [4.69, 9.17) is 5.73 Å². The Balaban J connectivity index is 1.78. The van der Waals surface area contributed by atoms with Gasteiger partial charge in [0.05, 0.1) is 5.92 Å². The molecule has 0 radical (unpaired) electrons. The van der Waals surface area contributed by atoms with Gasteiger partial charge in [0.1, 0.15) is 5.75 Å². The highest BCUT2D eigenvalue weighted by Crippen LogP contribution is 2.23.